The highest BCUT2D eigenvalue weighted by Gasteiger charge is 2.28. The van der Waals surface area contributed by atoms with E-state index in [1.54, 1.807) is 12.4 Å². The van der Waals surface area contributed by atoms with Crippen molar-refractivity contribution in [3.8, 4) is 5.88 Å². The SMILES string of the molecule is CC1(C)CCC(Oc2cncc(NN)n2)CC1. The van der Waals surface area contributed by atoms with E-state index in [0.717, 1.165) is 12.8 Å². The van der Waals surface area contributed by atoms with E-state index in [1.807, 2.05) is 0 Å². The predicted octanol–water partition coefficient (Wildman–Crippen LogP) is 2.11. The summed E-state index contributed by atoms with van der Waals surface area (Å²) in [6, 6.07) is 0. The van der Waals surface area contributed by atoms with Gasteiger partial charge < -0.3 is 10.2 Å². The quantitative estimate of drug-likeness (QED) is 0.621. The van der Waals surface area contributed by atoms with Gasteiger partial charge in [0.05, 0.1) is 12.4 Å². The Hall–Kier alpha value is -1.36. The van der Waals surface area contributed by atoms with E-state index in [9.17, 15) is 0 Å². The van der Waals surface area contributed by atoms with Gasteiger partial charge >= 0.3 is 0 Å². The van der Waals surface area contributed by atoms with Crippen LogP contribution >= 0.6 is 0 Å². The van der Waals surface area contributed by atoms with Gasteiger partial charge in [0.1, 0.15) is 6.10 Å². The van der Waals surface area contributed by atoms with Crippen LogP contribution in [-0.2, 0) is 0 Å². The molecule has 1 aromatic rings. The first-order valence-corrected chi connectivity index (χ1v) is 6.04. The molecule has 0 amide bonds. The predicted molar refractivity (Wildman–Crippen MR) is 66.5 cm³/mol. The number of hydrogen-bond acceptors (Lipinski definition) is 5. The second kappa shape index (κ2) is 4.87. The molecule has 5 nitrogen and oxygen atoms in total. The first-order chi connectivity index (χ1) is 8.09. The van der Waals surface area contributed by atoms with Gasteiger partial charge in [0.15, 0.2) is 5.82 Å². The average molecular weight is 236 g/mol. The maximum absolute atomic E-state index is 5.82. The molecule has 0 aromatic carbocycles. The Kier molecular flexibility index (Phi) is 3.47. The van der Waals surface area contributed by atoms with Crippen molar-refractivity contribution in [2.45, 2.75) is 45.6 Å². The topological polar surface area (TPSA) is 73.1 Å². The number of hydrazine groups is 1. The molecular weight excluding hydrogens is 216 g/mol. The zero-order chi connectivity index (χ0) is 12.3. The highest BCUT2D eigenvalue weighted by molar-refractivity contribution is 5.31. The molecule has 1 aromatic heterocycles. The van der Waals surface area contributed by atoms with Gasteiger partial charge in [-0.3, -0.25) is 4.98 Å². The lowest BCUT2D eigenvalue weighted by Crippen LogP contribution is -2.28. The van der Waals surface area contributed by atoms with E-state index in [4.69, 9.17) is 10.6 Å². The van der Waals surface area contributed by atoms with Crippen molar-refractivity contribution in [2.24, 2.45) is 11.3 Å². The average Bonchev–Trinajstić information content (AvgIpc) is 2.32. The van der Waals surface area contributed by atoms with Crippen LogP contribution in [0, 0.1) is 5.41 Å². The van der Waals surface area contributed by atoms with Crippen LogP contribution in [-0.4, -0.2) is 16.1 Å². The molecule has 94 valence electrons. The lowest BCUT2D eigenvalue weighted by molar-refractivity contribution is 0.0947. The molecule has 2 rings (SSSR count). The van der Waals surface area contributed by atoms with Crippen molar-refractivity contribution in [1.82, 2.24) is 9.97 Å². The summed E-state index contributed by atoms with van der Waals surface area (Å²) in [6.07, 6.45) is 7.99. The summed E-state index contributed by atoms with van der Waals surface area (Å²) < 4.78 is 5.82. The van der Waals surface area contributed by atoms with Crippen LogP contribution in [0.5, 0.6) is 5.88 Å². The number of hydrogen-bond donors (Lipinski definition) is 2. The fraction of sp³-hybridized carbons (Fsp3) is 0.667. The normalized spacial score (nSPS) is 19.9. The van der Waals surface area contributed by atoms with Gasteiger partial charge in [-0.25, -0.2) is 5.84 Å². The Balaban J connectivity index is 1.93. The highest BCUT2D eigenvalue weighted by Crippen LogP contribution is 2.36. The van der Waals surface area contributed by atoms with E-state index in [0.29, 0.717) is 17.1 Å². The summed E-state index contributed by atoms with van der Waals surface area (Å²) in [5.41, 5.74) is 2.91. The number of ether oxygens (including phenoxy) is 1. The molecule has 1 aliphatic carbocycles. The summed E-state index contributed by atoms with van der Waals surface area (Å²) in [7, 11) is 0. The van der Waals surface area contributed by atoms with Crippen molar-refractivity contribution in [3.05, 3.63) is 12.4 Å². The molecule has 0 spiro atoms. The molecule has 1 heterocycles. The molecule has 0 aliphatic heterocycles. The molecule has 0 radical (unpaired) electrons. The van der Waals surface area contributed by atoms with Crippen molar-refractivity contribution < 1.29 is 4.74 Å². The van der Waals surface area contributed by atoms with Gasteiger partial charge in [0.25, 0.3) is 0 Å². The molecule has 0 unspecified atom stereocenters. The minimum absolute atomic E-state index is 0.255. The standard InChI is InChI=1S/C12H20N4O/c1-12(2)5-3-9(4-6-12)17-11-8-14-7-10(15-11)16-13/h7-9H,3-6,13H2,1-2H3,(H,15,16). The molecule has 5 heteroatoms. The van der Waals surface area contributed by atoms with Crippen molar-refractivity contribution in [1.29, 1.82) is 0 Å². The molecule has 1 fully saturated rings. The van der Waals surface area contributed by atoms with E-state index in [2.05, 4.69) is 29.2 Å². The highest BCUT2D eigenvalue weighted by atomic mass is 16.5. The summed E-state index contributed by atoms with van der Waals surface area (Å²) in [5.74, 6) is 6.35. The fourth-order valence-electron chi connectivity index (χ4n) is 2.14. The number of nitrogen functional groups attached to an aromatic ring is 1. The molecule has 0 bridgehead atoms. The van der Waals surface area contributed by atoms with E-state index < -0.39 is 0 Å². The third kappa shape index (κ3) is 3.30. The number of rotatable bonds is 3. The third-order valence-electron chi connectivity index (χ3n) is 3.33. The monoisotopic (exact) mass is 236 g/mol. The second-order valence-electron chi connectivity index (χ2n) is 5.37. The summed E-state index contributed by atoms with van der Waals surface area (Å²) in [4.78, 5) is 8.22. The zero-order valence-electron chi connectivity index (χ0n) is 10.4. The molecule has 1 aliphatic rings. The van der Waals surface area contributed by atoms with Crippen LogP contribution in [0.3, 0.4) is 0 Å². The van der Waals surface area contributed by atoms with Crippen molar-refractivity contribution in [3.63, 3.8) is 0 Å². The van der Waals surface area contributed by atoms with Crippen LogP contribution in [0.15, 0.2) is 12.4 Å². The summed E-state index contributed by atoms with van der Waals surface area (Å²) in [6.45, 7) is 4.62. The Morgan fingerprint density at radius 3 is 2.71 bits per heavy atom. The van der Waals surface area contributed by atoms with Crippen molar-refractivity contribution >= 4 is 5.82 Å². The van der Waals surface area contributed by atoms with Crippen molar-refractivity contribution in [2.75, 3.05) is 5.43 Å². The maximum atomic E-state index is 5.82. The van der Waals surface area contributed by atoms with E-state index in [-0.39, 0.29) is 6.10 Å². The van der Waals surface area contributed by atoms with Crippen LogP contribution in [0.4, 0.5) is 5.82 Å². The molecule has 0 atom stereocenters. The number of nitrogens with two attached hydrogens (primary N) is 1. The molecule has 3 N–H and O–H groups in total. The van der Waals surface area contributed by atoms with Crippen LogP contribution in [0.1, 0.15) is 39.5 Å². The Morgan fingerprint density at radius 1 is 1.35 bits per heavy atom. The minimum Gasteiger partial charge on any atom is -0.473 e. The maximum Gasteiger partial charge on any atom is 0.234 e. The number of nitrogens with zero attached hydrogens (tertiary/aromatic N) is 2. The number of anilines is 1. The molecule has 0 saturated heterocycles. The molecular formula is C12H20N4O. The van der Waals surface area contributed by atoms with Gasteiger partial charge in [-0.1, -0.05) is 13.8 Å². The Labute approximate surface area is 102 Å². The van der Waals surface area contributed by atoms with Crippen LogP contribution in [0.25, 0.3) is 0 Å². The first kappa shape index (κ1) is 12.1. The van der Waals surface area contributed by atoms with E-state index in [1.165, 1.54) is 12.8 Å². The Bertz CT molecular complexity index is 371. The van der Waals surface area contributed by atoms with Crippen LogP contribution in [0.2, 0.25) is 0 Å². The largest absolute Gasteiger partial charge is 0.473 e. The smallest absolute Gasteiger partial charge is 0.234 e. The number of aromatic nitrogens is 2. The number of nitrogens with one attached hydrogen (secondary N) is 1. The molecule has 1 saturated carbocycles. The Morgan fingerprint density at radius 2 is 2.06 bits per heavy atom. The van der Waals surface area contributed by atoms with Gasteiger partial charge in [-0.2, -0.15) is 4.98 Å². The fourth-order valence-corrected chi connectivity index (χ4v) is 2.14. The van der Waals surface area contributed by atoms with E-state index >= 15 is 0 Å². The second-order valence-corrected chi connectivity index (χ2v) is 5.37. The van der Waals surface area contributed by atoms with Gasteiger partial charge in [-0.05, 0) is 31.1 Å². The third-order valence-corrected chi connectivity index (χ3v) is 3.33. The molecule has 17 heavy (non-hydrogen) atoms. The summed E-state index contributed by atoms with van der Waals surface area (Å²) in [5, 5.41) is 0. The lowest BCUT2D eigenvalue weighted by atomic mass is 9.76. The zero-order valence-corrected chi connectivity index (χ0v) is 10.4. The van der Waals surface area contributed by atoms with Gasteiger partial charge in [-0.15, -0.1) is 0 Å². The van der Waals surface area contributed by atoms with Crippen LogP contribution < -0.4 is 16.0 Å². The minimum atomic E-state index is 0.255. The van der Waals surface area contributed by atoms with Gasteiger partial charge in [0, 0.05) is 0 Å². The first-order valence-electron chi connectivity index (χ1n) is 6.04. The van der Waals surface area contributed by atoms with Gasteiger partial charge in [0.2, 0.25) is 5.88 Å². The lowest BCUT2D eigenvalue weighted by Gasteiger charge is -2.34. The summed E-state index contributed by atoms with van der Waals surface area (Å²) >= 11 is 0.